The van der Waals surface area contributed by atoms with Crippen LogP contribution >= 0.6 is 0 Å². The maximum Gasteiger partial charge on any atom is 0.450 e. The molecule has 0 fully saturated rings. The number of hydrogen-bond donors (Lipinski definition) is 0. The first-order valence-electron chi connectivity index (χ1n) is 5.88. The summed E-state index contributed by atoms with van der Waals surface area (Å²) in [4.78, 5) is 11.2. The van der Waals surface area contributed by atoms with Crippen molar-refractivity contribution in [1.82, 2.24) is 0 Å². The third-order valence-electron chi connectivity index (χ3n) is 2.48. The first-order valence-corrected chi connectivity index (χ1v) is 5.88. The number of hydrogen-bond acceptors (Lipinski definition) is 4. The highest BCUT2D eigenvalue weighted by atomic mass is 19.4. The topological polar surface area (TPSA) is 44.8 Å². The molecule has 0 rings (SSSR count). The maximum absolute atomic E-state index is 13.2. The minimum Gasteiger partial charge on any atom is -0.463 e. The molecule has 0 amide bonds. The van der Waals surface area contributed by atoms with Gasteiger partial charge < -0.3 is 14.2 Å². The van der Waals surface area contributed by atoms with Crippen molar-refractivity contribution in [2.75, 3.05) is 26.7 Å². The van der Waals surface area contributed by atoms with Crippen molar-refractivity contribution in [3.05, 3.63) is 0 Å². The summed E-state index contributed by atoms with van der Waals surface area (Å²) in [6, 6.07) is 0. The van der Waals surface area contributed by atoms with Gasteiger partial charge in [0.25, 0.3) is 0 Å². The quantitative estimate of drug-likeness (QED) is 0.373. The molecule has 2 unspecified atom stereocenters. The number of ether oxygens (including phenoxy) is 3. The molecule has 0 aliphatic carbocycles. The molecule has 0 aliphatic heterocycles. The van der Waals surface area contributed by atoms with E-state index in [1.54, 1.807) is 13.8 Å². The van der Waals surface area contributed by atoms with E-state index in [1.165, 1.54) is 0 Å². The minimum absolute atomic E-state index is 0.327. The van der Waals surface area contributed by atoms with Crippen LogP contribution in [0.4, 0.5) is 22.0 Å². The van der Waals surface area contributed by atoms with Gasteiger partial charge in [0.2, 0.25) is 0 Å². The van der Waals surface area contributed by atoms with E-state index in [2.05, 4.69) is 14.2 Å². The van der Waals surface area contributed by atoms with Crippen molar-refractivity contribution in [3.63, 3.8) is 0 Å². The molecule has 0 aromatic carbocycles. The van der Waals surface area contributed by atoms with Gasteiger partial charge in [0.15, 0.2) is 6.86 Å². The Morgan fingerprint density at radius 2 is 1.80 bits per heavy atom. The van der Waals surface area contributed by atoms with Gasteiger partial charge in [0.1, 0.15) is 13.2 Å². The maximum atomic E-state index is 13.2. The van der Waals surface area contributed by atoms with Gasteiger partial charge in [-0.25, -0.2) is 4.39 Å². The van der Waals surface area contributed by atoms with Crippen molar-refractivity contribution in [1.29, 1.82) is 0 Å². The molecule has 4 nitrogen and oxygen atoms in total. The van der Waals surface area contributed by atoms with Crippen LogP contribution in [0.25, 0.3) is 0 Å². The average molecular weight is 308 g/mol. The fourth-order valence-corrected chi connectivity index (χ4v) is 1.01. The molecule has 0 aromatic rings. The number of rotatable bonds is 9. The van der Waals surface area contributed by atoms with Gasteiger partial charge in [-0.1, -0.05) is 13.8 Å². The van der Waals surface area contributed by atoms with Crippen LogP contribution < -0.4 is 0 Å². The molecule has 0 saturated heterocycles. The van der Waals surface area contributed by atoms with Crippen LogP contribution in [0, 0.1) is 5.92 Å². The molecule has 0 bridgehead atoms. The number of carbonyl (C=O) groups excluding carboxylic acids is 1. The largest absolute Gasteiger partial charge is 0.463 e. The molecule has 0 N–H and O–H groups in total. The Labute approximate surface area is 113 Å². The standard InChI is InChI=1S/C11H17F5O4/c1-3-8(2)9(17)19-5-4-18-6-10(13,20-7-12)11(14,15)16/h8H,3-7H2,1-2H3. The highest BCUT2D eigenvalue weighted by Crippen LogP contribution is 2.35. The second-order valence-corrected chi connectivity index (χ2v) is 4.01. The summed E-state index contributed by atoms with van der Waals surface area (Å²) in [5, 5.41) is 0. The van der Waals surface area contributed by atoms with E-state index in [0.29, 0.717) is 6.42 Å². The summed E-state index contributed by atoms with van der Waals surface area (Å²) < 4.78 is 74.2. The van der Waals surface area contributed by atoms with Gasteiger partial charge in [-0.15, -0.1) is 0 Å². The predicted molar refractivity (Wildman–Crippen MR) is 58.2 cm³/mol. The Kier molecular flexibility index (Phi) is 7.95. The van der Waals surface area contributed by atoms with Crippen molar-refractivity contribution in [2.24, 2.45) is 5.92 Å². The summed E-state index contributed by atoms with van der Waals surface area (Å²) >= 11 is 0. The first-order chi connectivity index (χ1) is 9.18. The van der Waals surface area contributed by atoms with Gasteiger partial charge in [0, 0.05) is 0 Å². The van der Waals surface area contributed by atoms with Crippen LogP contribution in [-0.2, 0) is 19.0 Å². The normalized spacial score (nSPS) is 16.6. The SMILES string of the molecule is CCC(C)C(=O)OCCOCC(F)(OCF)C(F)(F)F. The highest BCUT2D eigenvalue weighted by Gasteiger charge is 2.58. The Balaban J connectivity index is 4.06. The fraction of sp³-hybridized carbons (Fsp3) is 0.909. The Hall–Kier alpha value is -0.960. The fourth-order valence-electron chi connectivity index (χ4n) is 1.01. The van der Waals surface area contributed by atoms with E-state index in [4.69, 9.17) is 0 Å². The summed E-state index contributed by atoms with van der Waals surface area (Å²) in [6.07, 6.45) is -4.88. The number of esters is 1. The third kappa shape index (κ3) is 6.00. The van der Waals surface area contributed by atoms with Crippen molar-refractivity contribution in [3.8, 4) is 0 Å². The summed E-state index contributed by atoms with van der Waals surface area (Å²) in [6.45, 7) is -0.887. The summed E-state index contributed by atoms with van der Waals surface area (Å²) in [5.41, 5.74) is 0. The van der Waals surface area contributed by atoms with Crippen LogP contribution in [0.1, 0.15) is 20.3 Å². The Morgan fingerprint density at radius 3 is 2.25 bits per heavy atom. The predicted octanol–water partition coefficient (Wildman–Crippen LogP) is 2.76. The minimum atomic E-state index is -5.42. The number of alkyl halides is 5. The van der Waals surface area contributed by atoms with Gasteiger partial charge in [-0.05, 0) is 6.42 Å². The lowest BCUT2D eigenvalue weighted by molar-refractivity contribution is -0.353. The van der Waals surface area contributed by atoms with E-state index >= 15 is 0 Å². The van der Waals surface area contributed by atoms with Gasteiger partial charge in [-0.3, -0.25) is 4.79 Å². The van der Waals surface area contributed by atoms with E-state index in [1.807, 2.05) is 0 Å². The van der Waals surface area contributed by atoms with Crippen LogP contribution in [0.3, 0.4) is 0 Å². The molecule has 120 valence electrons. The molecule has 0 heterocycles. The lowest BCUT2D eigenvalue weighted by Crippen LogP contribution is -2.47. The second-order valence-electron chi connectivity index (χ2n) is 4.01. The highest BCUT2D eigenvalue weighted by molar-refractivity contribution is 5.71. The van der Waals surface area contributed by atoms with Crippen molar-refractivity contribution in [2.45, 2.75) is 32.3 Å². The first kappa shape index (κ1) is 19.0. The lowest BCUT2D eigenvalue weighted by atomic mass is 10.1. The molecule has 9 heteroatoms. The smallest absolute Gasteiger partial charge is 0.450 e. The molecule has 0 aliphatic rings. The molecule has 2 atom stereocenters. The molecule has 20 heavy (non-hydrogen) atoms. The molecule has 0 aromatic heterocycles. The van der Waals surface area contributed by atoms with Crippen molar-refractivity contribution >= 4 is 5.97 Å². The molecule has 0 radical (unpaired) electrons. The van der Waals surface area contributed by atoms with Crippen molar-refractivity contribution < 1.29 is 41.0 Å². The molecule has 0 spiro atoms. The summed E-state index contributed by atoms with van der Waals surface area (Å²) in [7, 11) is 0. The van der Waals surface area contributed by atoms with E-state index < -0.39 is 38.1 Å². The van der Waals surface area contributed by atoms with E-state index in [9.17, 15) is 26.7 Å². The number of carbonyl (C=O) groups is 1. The van der Waals surface area contributed by atoms with Gasteiger partial charge in [0.05, 0.1) is 12.5 Å². The van der Waals surface area contributed by atoms with Crippen LogP contribution in [0.5, 0.6) is 0 Å². The second kappa shape index (κ2) is 8.35. The molecule has 0 saturated carbocycles. The zero-order chi connectivity index (χ0) is 15.8. The van der Waals surface area contributed by atoms with Crippen LogP contribution in [-0.4, -0.2) is 44.7 Å². The van der Waals surface area contributed by atoms with Crippen LogP contribution in [0.15, 0.2) is 0 Å². The zero-order valence-electron chi connectivity index (χ0n) is 11.1. The Bertz CT molecular complexity index is 297. The zero-order valence-corrected chi connectivity index (χ0v) is 11.1. The van der Waals surface area contributed by atoms with E-state index in [0.717, 1.165) is 0 Å². The van der Waals surface area contributed by atoms with Crippen LogP contribution in [0.2, 0.25) is 0 Å². The molecular formula is C11H17F5O4. The summed E-state index contributed by atoms with van der Waals surface area (Å²) in [5.74, 6) is -5.10. The monoisotopic (exact) mass is 308 g/mol. The number of halogens is 5. The van der Waals surface area contributed by atoms with Gasteiger partial charge in [-0.2, -0.15) is 17.6 Å². The average Bonchev–Trinajstić information content (AvgIpc) is 2.36. The van der Waals surface area contributed by atoms with E-state index in [-0.39, 0.29) is 12.5 Å². The van der Waals surface area contributed by atoms with Gasteiger partial charge >= 0.3 is 18.0 Å². The third-order valence-corrected chi connectivity index (χ3v) is 2.48. The molecular weight excluding hydrogens is 291 g/mol. The Morgan fingerprint density at radius 1 is 1.20 bits per heavy atom. The lowest BCUT2D eigenvalue weighted by Gasteiger charge is -2.26.